The Morgan fingerprint density at radius 1 is 1.04 bits per heavy atom. The molecule has 3 nitrogen and oxygen atoms in total. The van der Waals surface area contributed by atoms with Crippen LogP contribution in [0.15, 0.2) is 0 Å². The maximum Gasteiger partial charge on any atom is 0.0911 e. The second-order valence-corrected chi connectivity index (χ2v) is 10.4. The third-order valence-corrected chi connectivity index (χ3v) is 8.99. The van der Waals surface area contributed by atoms with Crippen LogP contribution in [0, 0.1) is 34.0 Å². The minimum atomic E-state index is -0.955. The molecule has 3 heteroatoms. The topological polar surface area (TPSA) is 60.7 Å². The van der Waals surface area contributed by atoms with Crippen LogP contribution in [0.5, 0.6) is 0 Å². The molecule has 1 unspecified atom stereocenters. The van der Waals surface area contributed by atoms with Gasteiger partial charge in [0.1, 0.15) is 0 Å². The maximum absolute atomic E-state index is 11.2. The van der Waals surface area contributed by atoms with E-state index in [1.165, 1.54) is 19.3 Å². The van der Waals surface area contributed by atoms with E-state index < -0.39 is 5.60 Å². The molecule has 0 radical (unpaired) electrons. The summed E-state index contributed by atoms with van der Waals surface area (Å²) in [5.74, 6) is 1.25. The lowest BCUT2D eigenvalue weighted by Gasteiger charge is -2.65. The first-order valence-corrected chi connectivity index (χ1v) is 9.69. The van der Waals surface area contributed by atoms with Crippen molar-refractivity contribution in [3.63, 3.8) is 0 Å². The van der Waals surface area contributed by atoms with Crippen LogP contribution in [0.3, 0.4) is 0 Å². The van der Waals surface area contributed by atoms with Gasteiger partial charge < -0.3 is 15.3 Å². The van der Waals surface area contributed by atoms with E-state index in [-0.39, 0.29) is 29.5 Å². The molecule has 1 spiro atoms. The maximum atomic E-state index is 11.2. The van der Waals surface area contributed by atoms with E-state index in [0.29, 0.717) is 23.7 Å². The van der Waals surface area contributed by atoms with E-state index in [9.17, 15) is 15.3 Å². The third-order valence-electron chi connectivity index (χ3n) is 8.99. The van der Waals surface area contributed by atoms with Gasteiger partial charge in [-0.15, -0.1) is 0 Å². The van der Waals surface area contributed by atoms with Crippen LogP contribution in [0.25, 0.3) is 0 Å². The van der Waals surface area contributed by atoms with Crippen LogP contribution < -0.4 is 0 Å². The van der Waals surface area contributed by atoms with Crippen LogP contribution in [-0.4, -0.2) is 33.6 Å². The summed E-state index contributed by atoms with van der Waals surface area (Å²) in [6.45, 7) is 7.12. The first kappa shape index (κ1) is 16.4. The molecular weight excluding hydrogens is 288 g/mol. The fourth-order valence-electron chi connectivity index (χ4n) is 8.01. The van der Waals surface area contributed by atoms with Gasteiger partial charge in [0.15, 0.2) is 0 Å². The first-order valence-electron chi connectivity index (χ1n) is 9.69. The van der Waals surface area contributed by atoms with Crippen molar-refractivity contribution in [1.29, 1.82) is 0 Å². The zero-order valence-electron chi connectivity index (χ0n) is 15.0. The molecule has 0 aliphatic heterocycles. The number of fused-ring (bicyclic) bond motifs is 3. The summed E-state index contributed by atoms with van der Waals surface area (Å²) in [6, 6.07) is 0. The summed E-state index contributed by atoms with van der Waals surface area (Å²) in [4.78, 5) is 0. The van der Waals surface area contributed by atoms with Gasteiger partial charge in [0.2, 0.25) is 0 Å². The Hall–Kier alpha value is -0.120. The standard InChI is InChI=1S/C20H34O3/c1-17(2)7-4-8-18(3)14-6-5-13-10-19(14,11-20(13,23)12-21)16(22)9-15(17)18/h13-16,21-23H,4-12H2,1-3H3/t13-,14-,15+,16?,18-,19+,20+/m1/s1. The van der Waals surface area contributed by atoms with Gasteiger partial charge in [0.05, 0.1) is 18.3 Å². The molecule has 4 rings (SSSR count). The predicted octanol–water partition coefficient (Wildman–Crippen LogP) is 3.11. The molecule has 3 N–H and O–H groups in total. The second kappa shape index (κ2) is 4.74. The van der Waals surface area contributed by atoms with Gasteiger partial charge in [-0.1, -0.05) is 27.2 Å². The van der Waals surface area contributed by atoms with Gasteiger partial charge in [-0.25, -0.2) is 0 Å². The summed E-state index contributed by atoms with van der Waals surface area (Å²) in [5, 5.41) is 31.9. The zero-order valence-corrected chi connectivity index (χ0v) is 15.0. The molecule has 4 aliphatic carbocycles. The lowest BCUT2D eigenvalue weighted by molar-refractivity contribution is -0.198. The van der Waals surface area contributed by atoms with E-state index in [2.05, 4.69) is 20.8 Å². The van der Waals surface area contributed by atoms with Crippen LogP contribution in [0.1, 0.15) is 72.1 Å². The fourth-order valence-corrected chi connectivity index (χ4v) is 8.01. The van der Waals surface area contributed by atoms with Gasteiger partial charge in [0, 0.05) is 5.41 Å². The first-order chi connectivity index (χ1) is 10.7. The second-order valence-electron chi connectivity index (χ2n) is 10.4. The Labute approximate surface area is 140 Å². The quantitative estimate of drug-likeness (QED) is 0.695. The molecule has 0 heterocycles. The summed E-state index contributed by atoms with van der Waals surface area (Å²) in [6.07, 6.45) is 8.04. The van der Waals surface area contributed by atoms with Gasteiger partial charge in [-0.2, -0.15) is 0 Å². The van der Waals surface area contributed by atoms with Crippen LogP contribution in [-0.2, 0) is 0 Å². The molecule has 0 aromatic heterocycles. The van der Waals surface area contributed by atoms with Gasteiger partial charge in [-0.05, 0) is 73.5 Å². The van der Waals surface area contributed by atoms with E-state index in [1.807, 2.05) is 0 Å². The Morgan fingerprint density at radius 3 is 2.48 bits per heavy atom. The predicted molar refractivity (Wildman–Crippen MR) is 89.8 cm³/mol. The highest BCUT2D eigenvalue weighted by atomic mass is 16.3. The van der Waals surface area contributed by atoms with E-state index in [0.717, 1.165) is 25.7 Å². The lowest BCUT2D eigenvalue weighted by atomic mass is 9.40. The zero-order chi connectivity index (χ0) is 16.7. The molecule has 132 valence electrons. The molecule has 4 aliphatic rings. The minimum absolute atomic E-state index is 0.148. The largest absolute Gasteiger partial charge is 0.393 e. The Morgan fingerprint density at radius 2 is 1.78 bits per heavy atom. The number of aliphatic hydroxyl groups is 3. The summed E-state index contributed by atoms with van der Waals surface area (Å²) in [7, 11) is 0. The van der Waals surface area contributed by atoms with E-state index >= 15 is 0 Å². The fraction of sp³-hybridized carbons (Fsp3) is 1.00. The van der Waals surface area contributed by atoms with Gasteiger partial charge >= 0.3 is 0 Å². The molecule has 0 aromatic carbocycles. The minimum Gasteiger partial charge on any atom is -0.393 e. The molecule has 0 saturated heterocycles. The van der Waals surface area contributed by atoms with Crippen molar-refractivity contribution in [2.24, 2.45) is 34.0 Å². The number of hydrogen-bond acceptors (Lipinski definition) is 3. The van der Waals surface area contributed by atoms with E-state index in [4.69, 9.17) is 0 Å². The lowest BCUT2D eigenvalue weighted by Crippen LogP contribution is -2.61. The summed E-state index contributed by atoms with van der Waals surface area (Å²) >= 11 is 0. The number of hydrogen-bond donors (Lipinski definition) is 3. The van der Waals surface area contributed by atoms with Crippen LogP contribution >= 0.6 is 0 Å². The average Bonchev–Trinajstić information content (AvgIpc) is 2.71. The molecular formula is C20H34O3. The highest BCUT2D eigenvalue weighted by Gasteiger charge is 2.69. The van der Waals surface area contributed by atoms with Crippen LogP contribution in [0.2, 0.25) is 0 Å². The molecule has 0 aromatic rings. The van der Waals surface area contributed by atoms with E-state index in [1.54, 1.807) is 0 Å². The average molecular weight is 322 g/mol. The van der Waals surface area contributed by atoms with Crippen molar-refractivity contribution in [3.05, 3.63) is 0 Å². The molecule has 4 fully saturated rings. The monoisotopic (exact) mass is 322 g/mol. The third kappa shape index (κ3) is 1.93. The van der Waals surface area contributed by atoms with Crippen molar-refractivity contribution in [2.45, 2.75) is 83.8 Å². The van der Waals surface area contributed by atoms with Crippen LogP contribution in [0.4, 0.5) is 0 Å². The summed E-state index contributed by atoms with van der Waals surface area (Å²) in [5.41, 5.74) is -0.521. The van der Waals surface area contributed by atoms with Crippen molar-refractivity contribution >= 4 is 0 Å². The molecule has 4 saturated carbocycles. The van der Waals surface area contributed by atoms with Crippen molar-refractivity contribution < 1.29 is 15.3 Å². The molecule has 2 bridgehead atoms. The Balaban J connectivity index is 1.77. The highest BCUT2D eigenvalue weighted by Crippen LogP contribution is 2.72. The molecule has 23 heavy (non-hydrogen) atoms. The number of aliphatic hydroxyl groups excluding tert-OH is 2. The van der Waals surface area contributed by atoms with Crippen molar-refractivity contribution in [2.75, 3.05) is 6.61 Å². The smallest absolute Gasteiger partial charge is 0.0911 e. The Bertz CT molecular complexity index is 503. The number of rotatable bonds is 1. The Kier molecular flexibility index (Phi) is 3.37. The SMILES string of the molecule is CC1(C)CCC[C@@]2(C)[C@H]1CC(O)[C@]13C[C@@H](CC[C@@H]12)[C@@](O)(CO)C3. The van der Waals surface area contributed by atoms with Gasteiger partial charge in [0.25, 0.3) is 0 Å². The summed E-state index contributed by atoms with van der Waals surface area (Å²) < 4.78 is 0. The van der Waals surface area contributed by atoms with Crippen molar-refractivity contribution in [3.8, 4) is 0 Å². The highest BCUT2D eigenvalue weighted by molar-refractivity contribution is 5.19. The molecule has 7 atom stereocenters. The van der Waals surface area contributed by atoms with Gasteiger partial charge in [-0.3, -0.25) is 0 Å². The molecule has 0 amide bonds. The van der Waals surface area contributed by atoms with Crippen molar-refractivity contribution in [1.82, 2.24) is 0 Å². The normalized spacial score (nSPS) is 57.7.